The van der Waals surface area contributed by atoms with Crippen molar-refractivity contribution < 1.29 is 14.7 Å². The number of rotatable bonds is 7. The van der Waals surface area contributed by atoms with Crippen LogP contribution in [0.15, 0.2) is 12.4 Å². The minimum absolute atomic E-state index is 0.0424. The van der Waals surface area contributed by atoms with Crippen molar-refractivity contribution in [3.63, 3.8) is 0 Å². The minimum Gasteiger partial charge on any atom is -0.479 e. The number of carboxylic acids is 1. The van der Waals surface area contributed by atoms with Crippen molar-refractivity contribution in [2.24, 2.45) is 7.05 Å². The van der Waals surface area contributed by atoms with Crippen molar-refractivity contribution in [2.75, 3.05) is 19.1 Å². The van der Waals surface area contributed by atoms with Gasteiger partial charge in [-0.3, -0.25) is 4.68 Å². The van der Waals surface area contributed by atoms with Gasteiger partial charge in [0.15, 0.2) is 6.04 Å². The van der Waals surface area contributed by atoms with Crippen LogP contribution in [0.5, 0.6) is 0 Å². The molecule has 1 aromatic heterocycles. The molecule has 1 aromatic rings. The van der Waals surface area contributed by atoms with Crippen LogP contribution in [0, 0.1) is 0 Å². The Balaban J connectivity index is 2.71. The molecule has 0 aromatic carbocycles. The highest BCUT2D eigenvalue weighted by molar-refractivity contribution is 7.98. The predicted molar refractivity (Wildman–Crippen MR) is 82.3 cm³/mol. The van der Waals surface area contributed by atoms with E-state index in [0.29, 0.717) is 5.56 Å². The van der Waals surface area contributed by atoms with Crippen molar-refractivity contribution in [2.45, 2.75) is 25.4 Å². The van der Waals surface area contributed by atoms with Gasteiger partial charge in [0, 0.05) is 31.9 Å². The first-order valence-electron chi connectivity index (χ1n) is 6.60. The van der Waals surface area contributed by atoms with Gasteiger partial charge in [-0.25, -0.2) is 9.59 Å². The maximum absolute atomic E-state index is 12.2. The SMILES string of the molecule is CSCCC(C)N(C)C(=O)NC(C(=O)O)c1cnn(C)c1. The fourth-order valence-corrected chi connectivity index (χ4v) is 2.36. The van der Waals surface area contributed by atoms with Crippen LogP contribution in [0.1, 0.15) is 24.9 Å². The number of urea groups is 1. The quantitative estimate of drug-likeness (QED) is 0.793. The van der Waals surface area contributed by atoms with Gasteiger partial charge in [0.25, 0.3) is 0 Å². The Labute approximate surface area is 128 Å². The van der Waals surface area contributed by atoms with Crippen molar-refractivity contribution in [3.8, 4) is 0 Å². The summed E-state index contributed by atoms with van der Waals surface area (Å²) in [5.74, 6) is -0.162. The third-order valence-corrected chi connectivity index (χ3v) is 3.94. The number of nitrogens with zero attached hydrogens (tertiary/aromatic N) is 3. The molecule has 0 radical (unpaired) electrons. The summed E-state index contributed by atoms with van der Waals surface area (Å²) < 4.78 is 1.50. The summed E-state index contributed by atoms with van der Waals surface area (Å²) in [6.45, 7) is 1.94. The highest BCUT2D eigenvalue weighted by Crippen LogP contribution is 2.13. The topological polar surface area (TPSA) is 87.5 Å². The molecule has 1 heterocycles. The average molecular weight is 314 g/mol. The molecule has 8 heteroatoms. The van der Waals surface area contributed by atoms with E-state index in [1.165, 1.54) is 15.8 Å². The zero-order valence-electron chi connectivity index (χ0n) is 12.7. The number of amides is 2. The number of carbonyl (C=O) groups is 2. The van der Waals surface area contributed by atoms with Crippen LogP contribution in [0.4, 0.5) is 4.79 Å². The molecule has 0 saturated heterocycles. The number of thioether (sulfide) groups is 1. The first-order chi connectivity index (χ1) is 9.86. The van der Waals surface area contributed by atoms with Crippen LogP contribution in [0.3, 0.4) is 0 Å². The number of hydrogen-bond donors (Lipinski definition) is 2. The number of nitrogens with one attached hydrogen (secondary N) is 1. The molecule has 7 nitrogen and oxygen atoms in total. The van der Waals surface area contributed by atoms with E-state index in [1.54, 1.807) is 32.1 Å². The number of aliphatic carboxylic acids is 1. The monoisotopic (exact) mass is 314 g/mol. The van der Waals surface area contributed by atoms with Crippen LogP contribution in [0.2, 0.25) is 0 Å². The first-order valence-corrected chi connectivity index (χ1v) is 7.99. The van der Waals surface area contributed by atoms with Crippen molar-refractivity contribution >= 4 is 23.8 Å². The number of aromatic nitrogens is 2. The summed E-state index contributed by atoms with van der Waals surface area (Å²) in [4.78, 5) is 25.0. The lowest BCUT2D eigenvalue weighted by molar-refractivity contribution is -0.139. The van der Waals surface area contributed by atoms with Crippen LogP contribution < -0.4 is 5.32 Å². The summed E-state index contributed by atoms with van der Waals surface area (Å²) in [6.07, 6.45) is 5.89. The van der Waals surface area contributed by atoms with E-state index >= 15 is 0 Å². The molecule has 0 fully saturated rings. The lowest BCUT2D eigenvalue weighted by atomic mass is 10.1. The smallest absolute Gasteiger partial charge is 0.331 e. The Bertz CT molecular complexity index is 492. The molecule has 0 aliphatic heterocycles. The zero-order chi connectivity index (χ0) is 16.0. The summed E-state index contributed by atoms with van der Waals surface area (Å²) in [7, 11) is 3.36. The van der Waals surface area contributed by atoms with E-state index in [2.05, 4.69) is 10.4 Å². The summed E-state index contributed by atoms with van der Waals surface area (Å²) >= 11 is 1.71. The first kappa shape index (κ1) is 17.4. The van der Waals surface area contributed by atoms with E-state index in [4.69, 9.17) is 0 Å². The van der Waals surface area contributed by atoms with Gasteiger partial charge in [-0.05, 0) is 25.4 Å². The molecule has 0 saturated carbocycles. The molecule has 1 rings (SSSR count). The van der Waals surface area contributed by atoms with E-state index < -0.39 is 18.0 Å². The normalized spacial score (nSPS) is 13.5. The second kappa shape index (κ2) is 7.92. The Morgan fingerprint density at radius 1 is 1.57 bits per heavy atom. The lowest BCUT2D eigenvalue weighted by Crippen LogP contribution is -2.45. The summed E-state index contributed by atoms with van der Waals surface area (Å²) in [6, 6.07) is -1.46. The van der Waals surface area contributed by atoms with Crippen molar-refractivity contribution in [1.82, 2.24) is 20.0 Å². The summed E-state index contributed by atoms with van der Waals surface area (Å²) in [5, 5.41) is 15.7. The Morgan fingerprint density at radius 3 is 2.71 bits per heavy atom. The molecule has 2 amide bonds. The van der Waals surface area contributed by atoms with E-state index in [-0.39, 0.29) is 6.04 Å². The number of carbonyl (C=O) groups excluding carboxylic acids is 1. The highest BCUT2D eigenvalue weighted by atomic mass is 32.2. The van der Waals surface area contributed by atoms with Gasteiger partial charge < -0.3 is 15.3 Å². The molecule has 2 atom stereocenters. The van der Waals surface area contributed by atoms with Gasteiger partial charge in [0.1, 0.15) is 0 Å². The molecule has 0 aliphatic rings. The summed E-state index contributed by atoms with van der Waals surface area (Å²) in [5.41, 5.74) is 0.448. The van der Waals surface area contributed by atoms with Crippen LogP contribution >= 0.6 is 11.8 Å². The zero-order valence-corrected chi connectivity index (χ0v) is 13.6. The molecule has 0 aliphatic carbocycles. The van der Waals surface area contributed by atoms with Gasteiger partial charge in [0.05, 0.1) is 6.20 Å². The molecular formula is C13H22N4O3S. The predicted octanol–water partition coefficient (Wildman–Crippen LogP) is 1.33. The van der Waals surface area contributed by atoms with Crippen molar-refractivity contribution in [1.29, 1.82) is 0 Å². The maximum atomic E-state index is 12.2. The van der Waals surface area contributed by atoms with E-state index in [9.17, 15) is 14.7 Å². The third kappa shape index (κ3) is 4.96. The van der Waals surface area contributed by atoms with Crippen LogP contribution in [-0.2, 0) is 11.8 Å². The largest absolute Gasteiger partial charge is 0.479 e. The molecule has 0 spiro atoms. The maximum Gasteiger partial charge on any atom is 0.331 e. The van der Waals surface area contributed by atoms with E-state index in [1.807, 2.05) is 13.2 Å². The van der Waals surface area contributed by atoms with E-state index in [0.717, 1.165) is 12.2 Å². The minimum atomic E-state index is -1.11. The van der Waals surface area contributed by atoms with Gasteiger partial charge in [-0.1, -0.05) is 0 Å². The fraction of sp³-hybridized carbons (Fsp3) is 0.615. The van der Waals surface area contributed by atoms with Crippen molar-refractivity contribution in [3.05, 3.63) is 18.0 Å². The van der Waals surface area contributed by atoms with Gasteiger partial charge >= 0.3 is 12.0 Å². The fourth-order valence-electron chi connectivity index (χ4n) is 1.78. The molecule has 2 N–H and O–H groups in total. The molecule has 0 bridgehead atoms. The highest BCUT2D eigenvalue weighted by Gasteiger charge is 2.26. The molecule has 2 unspecified atom stereocenters. The van der Waals surface area contributed by atoms with Crippen LogP contribution in [-0.4, -0.2) is 56.9 Å². The van der Waals surface area contributed by atoms with Crippen LogP contribution in [0.25, 0.3) is 0 Å². The van der Waals surface area contributed by atoms with Gasteiger partial charge in [-0.2, -0.15) is 16.9 Å². The molecular weight excluding hydrogens is 292 g/mol. The number of hydrogen-bond acceptors (Lipinski definition) is 4. The second-order valence-corrected chi connectivity index (χ2v) is 5.90. The number of aryl methyl sites for hydroxylation is 1. The second-order valence-electron chi connectivity index (χ2n) is 4.91. The lowest BCUT2D eigenvalue weighted by Gasteiger charge is -2.26. The number of carboxylic acid groups (broad SMARTS) is 1. The average Bonchev–Trinajstić information content (AvgIpc) is 2.86. The third-order valence-electron chi connectivity index (χ3n) is 3.29. The Morgan fingerprint density at radius 2 is 2.24 bits per heavy atom. The van der Waals surface area contributed by atoms with Gasteiger partial charge in [-0.15, -0.1) is 0 Å². The Hall–Kier alpha value is -1.70. The standard InChI is InChI=1S/C13H22N4O3S/c1-9(5-6-21-4)17(3)13(20)15-11(12(18)19)10-7-14-16(2)8-10/h7-9,11H,5-6H2,1-4H3,(H,15,20)(H,18,19). The molecule has 118 valence electrons. The Kier molecular flexibility index (Phi) is 6.54. The molecule has 21 heavy (non-hydrogen) atoms. The van der Waals surface area contributed by atoms with Gasteiger partial charge in [0.2, 0.25) is 0 Å².